The highest BCUT2D eigenvalue weighted by Crippen LogP contribution is 2.16. The summed E-state index contributed by atoms with van der Waals surface area (Å²) < 4.78 is 0. The molecule has 0 saturated heterocycles. The average molecular weight is 303 g/mol. The first kappa shape index (κ1) is 15.9. The van der Waals surface area contributed by atoms with Crippen molar-refractivity contribution in [3.05, 3.63) is 10.8 Å². The fourth-order valence-corrected chi connectivity index (χ4v) is 1.49. The van der Waals surface area contributed by atoms with Crippen molar-refractivity contribution in [2.24, 2.45) is 0 Å². The van der Waals surface area contributed by atoms with Gasteiger partial charge < -0.3 is 21.9 Å². The van der Waals surface area contributed by atoms with E-state index in [0.29, 0.717) is 6.54 Å². The van der Waals surface area contributed by atoms with E-state index in [1.165, 1.54) is 4.90 Å². The molecule has 1 amide bonds. The highest BCUT2D eigenvalue weighted by Gasteiger charge is 2.15. The Bertz CT molecular complexity index is 524. The predicted molar refractivity (Wildman–Crippen MR) is 73.3 cm³/mol. The lowest BCUT2D eigenvalue weighted by Crippen LogP contribution is -2.36. The molecule has 110 valence electrons. The number of halogens is 1. The highest BCUT2D eigenvalue weighted by molar-refractivity contribution is 6.31. The number of nitrogen functional groups attached to an aromatic ring is 2. The fraction of sp³-hybridized carbons (Fsp3) is 0.400. The number of nitrogens with one attached hydrogen (secondary N) is 1. The molecule has 0 saturated carbocycles. The van der Waals surface area contributed by atoms with Gasteiger partial charge in [-0.25, -0.2) is 9.97 Å². The second-order valence-electron chi connectivity index (χ2n) is 4.02. The highest BCUT2D eigenvalue weighted by atomic mass is 35.5. The molecule has 0 fully saturated rings. The van der Waals surface area contributed by atoms with Gasteiger partial charge in [-0.15, -0.1) is 0 Å². The molecular weight excluding hydrogens is 288 g/mol. The number of nitrogens with two attached hydrogens (primary N) is 2. The summed E-state index contributed by atoms with van der Waals surface area (Å²) in [6, 6.07) is 0. The van der Waals surface area contributed by atoms with E-state index in [9.17, 15) is 9.59 Å². The van der Waals surface area contributed by atoms with Gasteiger partial charge in [0, 0.05) is 13.1 Å². The van der Waals surface area contributed by atoms with Crippen molar-refractivity contribution in [2.45, 2.75) is 0 Å². The van der Waals surface area contributed by atoms with Crippen molar-refractivity contribution < 1.29 is 14.7 Å². The summed E-state index contributed by atoms with van der Waals surface area (Å²) in [4.78, 5) is 31.2. The van der Waals surface area contributed by atoms with Gasteiger partial charge in [-0.2, -0.15) is 0 Å². The maximum atomic E-state index is 11.8. The van der Waals surface area contributed by atoms with E-state index in [-0.39, 0.29) is 35.6 Å². The molecule has 10 heteroatoms. The number of nitrogens with zero attached hydrogens (tertiary/aromatic N) is 3. The Morgan fingerprint density at radius 1 is 1.35 bits per heavy atom. The average Bonchev–Trinajstić information content (AvgIpc) is 2.32. The molecule has 1 heterocycles. The Kier molecular flexibility index (Phi) is 5.47. The van der Waals surface area contributed by atoms with Crippen molar-refractivity contribution in [1.82, 2.24) is 20.2 Å². The van der Waals surface area contributed by atoms with Crippen LogP contribution in [0.1, 0.15) is 10.5 Å². The zero-order valence-electron chi connectivity index (χ0n) is 10.8. The Morgan fingerprint density at radius 2 is 2.00 bits per heavy atom. The maximum Gasteiger partial charge on any atom is 0.317 e. The molecule has 1 aromatic heterocycles. The molecule has 9 nitrogen and oxygen atoms in total. The zero-order valence-corrected chi connectivity index (χ0v) is 11.5. The van der Waals surface area contributed by atoms with Crippen LogP contribution in [0.2, 0.25) is 5.15 Å². The van der Waals surface area contributed by atoms with Crippen LogP contribution in [0.25, 0.3) is 0 Å². The standard InChI is InChI=1S/C10H15ClN6O3/c1-17(4-5(18)19)3-2-14-10(20)6-8(12)16-9(13)7(11)15-6/h2-4H2,1H3,(H,14,20)(H,18,19)(H4,12,13,16). The normalized spacial score (nSPS) is 10.6. The molecule has 1 rings (SSSR count). The molecule has 20 heavy (non-hydrogen) atoms. The number of carbonyl (C=O) groups excluding carboxylic acids is 1. The molecule has 6 N–H and O–H groups in total. The minimum atomic E-state index is -0.945. The first-order valence-corrected chi connectivity index (χ1v) is 5.96. The predicted octanol–water partition coefficient (Wildman–Crippen LogP) is -0.959. The van der Waals surface area contributed by atoms with Gasteiger partial charge in [-0.1, -0.05) is 11.6 Å². The Hall–Kier alpha value is -2.13. The van der Waals surface area contributed by atoms with Gasteiger partial charge in [0.1, 0.15) is 0 Å². The van der Waals surface area contributed by atoms with Crippen molar-refractivity contribution in [1.29, 1.82) is 0 Å². The maximum absolute atomic E-state index is 11.8. The van der Waals surface area contributed by atoms with Gasteiger partial charge in [0.25, 0.3) is 5.91 Å². The Morgan fingerprint density at radius 3 is 2.60 bits per heavy atom. The van der Waals surface area contributed by atoms with E-state index in [1.54, 1.807) is 7.05 Å². The largest absolute Gasteiger partial charge is 0.480 e. The lowest BCUT2D eigenvalue weighted by molar-refractivity contribution is -0.137. The third-order valence-electron chi connectivity index (χ3n) is 2.30. The van der Waals surface area contributed by atoms with Crippen LogP contribution in [-0.2, 0) is 4.79 Å². The molecular formula is C10H15ClN6O3. The summed E-state index contributed by atoms with van der Waals surface area (Å²) in [5.41, 5.74) is 10.8. The van der Waals surface area contributed by atoms with Crippen molar-refractivity contribution in [2.75, 3.05) is 38.1 Å². The van der Waals surface area contributed by atoms with E-state index in [4.69, 9.17) is 28.2 Å². The minimum Gasteiger partial charge on any atom is -0.480 e. The van der Waals surface area contributed by atoms with Gasteiger partial charge in [0.15, 0.2) is 22.5 Å². The Labute approximate surface area is 119 Å². The van der Waals surface area contributed by atoms with Crippen LogP contribution < -0.4 is 16.8 Å². The number of anilines is 2. The monoisotopic (exact) mass is 302 g/mol. The number of aromatic nitrogens is 2. The van der Waals surface area contributed by atoms with Gasteiger partial charge in [0.2, 0.25) is 0 Å². The first-order chi connectivity index (χ1) is 9.31. The number of likely N-dealkylation sites (N-methyl/N-ethyl adjacent to an activating group) is 1. The van der Waals surface area contributed by atoms with E-state index >= 15 is 0 Å². The lowest BCUT2D eigenvalue weighted by Gasteiger charge is -2.14. The summed E-state index contributed by atoms with van der Waals surface area (Å²) >= 11 is 5.66. The Balaban J connectivity index is 2.55. The van der Waals surface area contributed by atoms with Crippen molar-refractivity contribution in [3.63, 3.8) is 0 Å². The number of hydrogen-bond donors (Lipinski definition) is 4. The SMILES string of the molecule is CN(CCNC(=O)c1nc(Cl)c(N)nc1N)CC(=O)O. The molecule has 0 bridgehead atoms. The van der Waals surface area contributed by atoms with Gasteiger partial charge in [-0.3, -0.25) is 14.5 Å². The molecule has 0 aliphatic carbocycles. The first-order valence-electron chi connectivity index (χ1n) is 5.58. The number of rotatable bonds is 6. The lowest BCUT2D eigenvalue weighted by atomic mass is 10.3. The number of aliphatic carboxylic acids is 1. The van der Waals surface area contributed by atoms with Crippen LogP contribution in [0.4, 0.5) is 11.6 Å². The number of carboxylic acid groups (broad SMARTS) is 1. The minimum absolute atomic E-state index is 0.0538. The molecule has 0 unspecified atom stereocenters. The van der Waals surface area contributed by atoms with Gasteiger partial charge in [0.05, 0.1) is 6.54 Å². The van der Waals surface area contributed by atoms with Crippen LogP contribution in [0.15, 0.2) is 0 Å². The molecule has 0 radical (unpaired) electrons. The summed E-state index contributed by atoms with van der Waals surface area (Å²) in [5, 5.41) is 11.0. The summed E-state index contributed by atoms with van der Waals surface area (Å²) in [6.07, 6.45) is 0. The molecule has 0 spiro atoms. The zero-order chi connectivity index (χ0) is 15.3. The summed E-state index contributed by atoms with van der Waals surface area (Å²) in [7, 11) is 1.62. The van der Waals surface area contributed by atoms with Crippen LogP contribution in [0.5, 0.6) is 0 Å². The van der Waals surface area contributed by atoms with Crippen LogP contribution in [-0.4, -0.2) is 58.5 Å². The number of hydrogen-bond acceptors (Lipinski definition) is 7. The number of carbonyl (C=O) groups is 2. The third-order valence-corrected chi connectivity index (χ3v) is 2.58. The number of amides is 1. The molecule has 0 aliphatic heterocycles. The molecule has 0 aromatic carbocycles. The van der Waals surface area contributed by atoms with E-state index in [2.05, 4.69) is 15.3 Å². The quantitative estimate of drug-likeness (QED) is 0.525. The van der Waals surface area contributed by atoms with Gasteiger partial charge >= 0.3 is 5.97 Å². The third kappa shape index (κ3) is 4.52. The fourth-order valence-electron chi connectivity index (χ4n) is 1.36. The summed E-state index contributed by atoms with van der Waals surface area (Å²) in [6.45, 7) is 0.464. The van der Waals surface area contributed by atoms with E-state index in [0.717, 1.165) is 0 Å². The van der Waals surface area contributed by atoms with E-state index < -0.39 is 11.9 Å². The topological polar surface area (TPSA) is 147 Å². The van der Waals surface area contributed by atoms with Gasteiger partial charge in [-0.05, 0) is 7.05 Å². The van der Waals surface area contributed by atoms with Crippen LogP contribution in [0, 0.1) is 0 Å². The number of carboxylic acids is 1. The smallest absolute Gasteiger partial charge is 0.317 e. The molecule has 0 atom stereocenters. The second kappa shape index (κ2) is 6.87. The van der Waals surface area contributed by atoms with Crippen LogP contribution in [0.3, 0.4) is 0 Å². The molecule has 1 aromatic rings. The van der Waals surface area contributed by atoms with E-state index in [1.807, 2.05) is 0 Å². The van der Waals surface area contributed by atoms with Crippen molar-refractivity contribution in [3.8, 4) is 0 Å². The second-order valence-corrected chi connectivity index (χ2v) is 4.38. The molecule has 0 aliphatic rings. The summed E-state index contributed by atoms with van der Waals surface area (Å²) in [5.74, 6) is -1.68. The van der Waals surface area contributed by atoms with Crippen LogP contribution >= 0.6 is 11.6 Å². The van der Waals surface area contributed by atoms with Crippen molar-refractivity contribution >= 4 is 35.1 Å².